The predicted molar refractivity (Wildman–Crippen MR) is 417 cm³/mol. The summed E-state index contributed by atoms with van der Waals surface area (Å²) in [5, 5.41) is 16.8. The number of hydrogen-bond donors (Lipinski definition) is 0. The van der Waals surface area contributed by atoms with Gasteiger partial charge < -0.3 is 0 Å². The number of carbonyl (C=O) groups excluding carboxylic acids is 1. The van der Waals surface area contributed by atoms with Gasteiger partial charge in [-0.15, -0.1) is 0 Å². The molecule has 0 amide bonds. The van der Waals surface area contributed by atoms with Crippen LogP contribution in [0.2, 0.25) is 0 Å². The molecule has 0 aliphatic heterocycles. The fraction of sp³-hybridized carbons (Fsp3) is 0. The van der Waals surface area contributed by atoms with Crippen LogP contribution in [-0.4, -0.2) is 5.78 Å². The van der Waals surface area contributed by atoms with Crippen molar-refractivity contribution in [3.8, 4) is 0 Å². The zero-order valence-electron chi connectivity index (χ0n) is 53.4. The van der Waals surface area contributed by atoms with Crippen LogP contribution in [0.15, 0.2) is 437 Å². The van der Waals surface area contributed by atoms with Gasteiger partial charge in [-0.3, -0.25) is 4.79 Å². The van der Waals surface area contributed by atoms with Crippen LogP contribution in [0.3, 0.4) is 0 Å². The summed E-state index contributed by atoms with van der Waals surface area (Å²) in [7, 11) is -1.78. The molecule has 486 valence electrons. The summed E-state index contributed by atoms with van der Waals surface area (Å²) in [6.45, 7) is 0. The van der Waals surface area contributed by atoms with Gasteiger partial charge in [0.1, 0.15) is 0 Å². The molecule has 0 bridgehead atoms. The molecule has 14 rings (SSSR count). The Balaban J connectivity index is 0.000000170. The maximum absolute atomic E-state index is 11.6. The predicted octanol–water partition coefficient (Wildman–Crippen LogP) is 17.8. The van der Waals surface area contributed by atoms with Crippen molar-refractivity contribution >= 4 is 113 Å². The standard InChI is InChI=1S/4C18H15P.C17H14O.3Pd/c4*1-4-10-16(11-5-1)19(17-12-6-2-7-13-17)18-14-8-3-9-15-18;18-17(13-11-15-7-3-1-4-8-15)14-12-16-9-5-2-6-10-16;;;/h4*1-15H;1-14H;;;. The summed E-state index contributed by atoms with van der Waals surface area (Å²) >= 11 is 0. The van der Waals surface area contributed by atoms with E-state index in [2.05, 4.69) is 364 Å². The fourth-order valence-corrected chi connectivity index (χ4v) is 19.5. The van der Waals surface area contributed by atoms with Crippen LogP contribution in [0.25, 0.3) is 12.2 Å². The molecule has 0 unspecified atom stereocenters. The van der Waals surface area contributed by atoms with Crippen molar-refractivity contribution in [2.24, 2.45) is 0 Å². The van der Waals surface area contributed by atoms with Crippen molar-refractivity contribution in [3.63, 3.8) is 0 Å². The first-order chi connectivity index (χ1) is 46.6. The molecule has 0 saturated heterocycles. The number of benzene rings is 14. The van der Waals surface area contributed by atoms with Crippen LogP contribution in [0, 0.1) is 0 Å². The van der Waals surface area contributed by atoms with Crippen molar-refractivity contribution in [2.45, 2.75) is 0 Å². The van der Waals surface area contributed by atoms with Gasteiger partial charge in [-0.2, -0.15) is 0 Å². The van der Waals surface area contributed by atoms with Crippen LogP contribution in [0.4, 0.5) is 0 Å². The molecule has 14 aromatic rings. The fourth-order valence-electron chi connectivity index (χ4n) is 10.3. The minimum Gasteiger partial charge on any atom is -0.290 e. The summed E-state index contributed by atoms with van der Waals surface area (Å²) in [6.07, 6.45) is 6.79. The van der Waals surface area contributed by atoms with Crippen molar-refractivity contribution in [2.75, 3.05) is 0 Å². The molecular weight excluding hydrogens is 1530 g/mol. The zero-order chi connectivity index (χ0) is 64.3. The number of allylic oxidation sites excluding steroid dienone is 2. The van der Waals surface area contributed by atoms with Gasteiger partial charge in [-0.25, -0.2) is 0 Å². The molecule has 0 spiro atoms. The minimum absolute atomic E-state index is 0. The molecule has 8 heteroatoms. The summed E-state index contributed by atoms with van der Waals surface area (Å²) in [5.74, 6) is -0.0114. The van der Waals surface area contributed by atoms with Gasteiger partial charge in [0, 0.05) is 61.3 Å². The molecule has 0 saturated carbocycles. The van der Waals surface area contributed by atoms with Crippen LogP contribution >= 0.6 is 31.7 Å². The van der Waals surface area contributed by atoms with E-state index in [-0.39, 0.29) is 67.1 Å². The summed E-state index contributed by atoms with van der Waals surface area (Å²) in [4.78, 5) is 11.6. The Morgan fingerprint density at radius 3 is 0.381 bits per heavy atom. The maximum Gasteiger partial charge on any atom is 0.178 e. The summed E-state index contributed by atoms with van der Waals surface area (Å²) < 4.78 is 0. The minimum atomic E-state index is -0.446. The Labute approximate surface area is 621 Å². The Hall–Kier alpha value is -8.06. The van der Waals surface area contributed by atoms with Gasteiger partial charge in [-0.05, 0) is 119 Å². The van der Waals surface area contributed by atoms with E-state index in [1.165, 1.54) is 63.7 Å². The quantitative estimate of drug-likeness (QED) is 0.0535. The second-order valence-corrected chi connectivity index (χ2v) is 30.1. The van der Waals surface area contributed by atoms with Crippen molar-refractivity contribution < 1.29 is 66.1 Å². The van der Waals surface area contributed by atoms with Gasteiger partial charge in [-0.1, -0.05) is 437 Å². The Bertz CT molecular complexity index is 3490. The van der Waals surface area contributed by atoms with Gasteiger partial charge >= 0.3 is 0 Å². The average Bonchev–Trinajstić information content (AvgIpc) is 0.979. The molecule has 97 heavy (non-hydrogen) atoms. The van der Waals surface area contributed by atoms with E-state index in [4.69, 9.17) is 0 Å². The average molecular weight is 1600 g/mol. The van der Waals surface area contributed by atoms with Crippen LogP contribution in [0.5, 0.6) is 0 Å². The number of ketones is 1. The normalized spacial score (nSPS) is 10.4. The van der Waals surface area contributed by atoms with E-state index < -0.39 is 31.7 Å². The third-order valence-electron chi connectivity index (χ3n) is 14.7. The molecule has 0 heterocycles. The van der Waals surface area contributed by atoms with E-state index >= 15 is 0 Å². The molecule has 0 aliphatic carbocycles. The molecular formula is C89H74OP4Pd3. The van der Waals surface area contributed by atoms with Crippen molar-refractivity contribution in [1.82, 2.24) is 0 Å². The number of rotatable bonds is 16. The van der Waals surface area contributed by atoms with E-state index in [9.17, 15) is 4.79 Å². The van der Waals surface area contributed by atoms with E-state index in [1.54, 1.807) is 12.2 Å². The van der Waals surface area contributed by atoms with Gasteiger partial charge in [0.25, 0.3) is 0 Å². The maximum atomic E-state index is 11.6. The summed E-state index contributed by atoms with van der Waals surface area (Å²) in [6, 6.07) is 149. The molecule has 0 fully saturated rings. The largest absolute Gasteiger partial charge is 0.290 e. The molecule has 1 nitrogen and oxygen atoms in total. The molecule has 0 aromatic heterocycles. The smallest absolute Gasteiger partial charge is 0.178 e. The van der Waals surface area contributed by atoms with Crippen LogP contribution in [0.1, 0.15) is 11.1 Å². The second-order valence-electron chi connectivity index (χ2n) is 21.3. The first-order valence-electron chi connectivity index (χ1n) is 31.5. The van der Waals surface area contributed by atoms with Crippen molar-refractivity contribution in [1.29, 1.82) is 0 Å². The molecule has 0 radical (unpaired) electrons. The van der Waals surface area contributed by atoms with Crippen molar-refractivity contribution in [3.05, 3.63) is 448 Å². The van der Waals surface area contributed by atoms with E-state index in [1.807, 2.05) is 72.8 Å². The number of carbonyl (C=O) groups is 1. The van der Waals surface area contributed by atoms with Gasteiger partial charge in [0.15, 0.2) is 5.78 Å². The monoisotopic (exact) mass is 1600 g/mol. The number of hydrogen-bond acceptors (Lipinski definition) is 1. The summed E-state index contributed by atoms with van der Waals surface area (Å²) in [5.41, 5.74) is 2.05. The first kappa shape index (κ1) is 76.3. The molecule has 0 aliphatic rings. The van der Waals surface area contributed by atoms with Gasteiger partial charge in [0.05, 0.1) is 0 Å². The third kappa shape index (κ3) is 24.8. The topological polar surface area (TPSA) is 17.1 Å². The second kappa shape index (κ2) is 44.0. The Morgan fingerprint density at radius 2 is 0.268 bits per heavy atom. The molecule has 0 N–H and O–H groups in total. The molecule has 14 aromatic carbocycles. The Kier molecular flexibility index (Phi) is 34.6. The van der Waals surface area contributed by atoms with E-state index in [0.717, 1.165) is 11.1 Å². The zero-order valence-corrected chi connectivity index (χ0v) is 61.6. The SMILES string of the molecule is O=C(C=Cc1ccccc1)C=Cc1ccccc1.[Pd].[Pd].[Pd].c1ccc(P(c2ccccc2)c2ccccc2)cc1.c1ccc(P(c2ccccc2)c2ccccc2)cc1.c1ccc(P(c2ccccc2)c2ccccc2)cc1.c1ccc(P(c2ccccc2)c2ccccc2)cc1. The third-order valence-corrected chi connectivity index (χ3v) is 24.4. The van der Waals surface area contributed by atoms with Gasteiger partial charge in [0.2, 0.25) is 0 Å². The Morgan fingerprint density at radius 1 is 0.165 bits per heavy atom. The molecule has 0 atom stereocenters. The van der Waals surface area contributed by atoms with Crippen LogP contribution in [-0.2, 0) is 66.1 Å². The first-order valence-corrected chi connectivity index (χ1v) is 36.8. The van der Waals surface area contributed by atoms with E-state index in [0.29, 0.717) is 0 Å². The van der Waals surface area contributed by atoms with Crippen LogP contribution < -0.4 is 63.7 Å².